The predicted molar refractivity (Wildman–Crippen MR) is 109 cm³/mol. The first kappa shape index (κ1) is 24.8. The third kappa shape index (κ3) is 15.1. The van der Waals surface area contributed by atoms with Crippen molar-refractivity contribution in [3.8, 4) is 0 Å². The second kappa shape index (κ2) is 18.6. The molecule has 1 atom stereocenters. The standard InChI is InChI=1S/C22H41NO3/c1-2-3-4-5-6-7-8-9-10-11-12-13-14-15-16-17-21(24)20(18-19-23)22(25)26/h9-10,20H,2-8,11-19,23H2,1H3,(H,25,26)/b10-9-. The van der Waals surface area contributed by atoms with Gasteiger partial charge in [-0.3, -0.25) is 9.59 Å². The maximum Gasteiger partial charge on any atom is 0.314 e. The zero-order chi connectivity index (χ0) is 19.5. The van der Waals surface area contributed by atoms with E-state index in [1.807, 2.05) is 0 Å². The molecule has 3 N–H and O–H groups in total. The molecule has 1 unspecified atom stereocenters. The summed E-state index contributed by atoms with van der Waals surface area (Å²) in [6.07, 6.45) is 21.0. The van der Waals surface area contributed by atoms with E-state index in [0.29, 0.717) is 6.42 Å². The summed E-state index contributed by atoms with van der Waals surface area (Å²) in [6.45, 7) is 2.50. The van der Waals surface area contributed by atoms with Crippen LogP contribution in [0.25, 0.3) is 0 Å². The van der Waals surface area contributed by atoms with E-state index in [1.54, 1.807) is 0 Å². The fraction of sp³-hybridized carbons (Fsp3) is 0.818. The molecule has 0 saturated carbocycles. The highest BCUT2D eigenvalue weighted by molar-refractivity contribution is 5.98. The number of hydrogen-bond donors (Lipinski definition) is 2. The number of ketones is 1. The van der Waals surface area contributed by atoms with Crippen LogP contribution >= 0.6 is 0 Å². The maximum absolute atomic E-state index is 11.9. The molecule has 152 valence electrons. The quantitative estimate of drug-likeness (QED) is 0.176. The summed E-state index contributed by atoms with van der Waals surface area (Å²) in [5.74, 6) is -2.11. The first-order chi connectivity index (χ1) is 12.6. The van der Waals surface area contributed by atoms with Gasteiger partial charge in [-0.05, 0) is 45.1 Å². The topological polar surface area (TPSA) is 80.4 Å². The molecule has 0 aromatic heterocycles. The van der Waals surface area contributed by atoms with Gasteiger partial charge < -0.3 is 10.8 Å². The van der Waals surface area contributed by atoms with Crippen LogP contribution in [-0.2, 0) is 9.59 Å². The van der Waals surface area contributed by atoms with Crippen LogP contribution in [0.4, 0.5) is 0 Å². The highest BCUT2D eigenvalue weighted by atomic mass is 16.4. The van der Waals surface area contributed by atoms with E-state index < -0.39 is 11.9 Å². The van der Waals surface area contributed by atoms with Crippen molar-refractivity contribution >= 4 is 11.8 Å². The van der Waals surface area contributed by atoms with E-state index in [2.05, 4.69) is 19.1 Å². The van der Waals surface area contributed by atoms with Gasteiger partial charge in [0.05, 0.1) is 0 Å². The molecular formula is C22H41NO3. The van der Waals surface area contributed by atoms with Crippen LogP contribution < -0.4 is 5.73 Å². The number of hydrogen-bond acceptors (Lipinski definition) is 3. The second-order valence-electron chi connectivity index (χ2n) is 7.27. The Kier molecular flexibility index (Phi) is 17.8. The van der Waals surface area contributed by atoms with Crippen molar-refractivity contribution in [1.82, 2.24) is 0 Å². The van der Waals surface area contributed by atoms with Gasteiger partial charge in [0, 0.05) is 6.42 Å². The fourth-order valence-electron chi connectivity index (χ4n) is 3.13. The van der Waals surface area contributed by atoms with Crippen LogP contribution in [0.15, 0.2) is 12.2 Å². The number of Topliss-reactive ketones (excluding diaryl/α,β-unsaturated/α-hetero) is 1. The molecule has 0 aliphatic rings. The molecule has 0 aromatic carbocycles. The Balaban J connectivity index is 3.44. The van der Waals surface area contributed by atoms with Gasteiger partial charge >= 0.3 is 5.97 Å². The Morgan fingerprint density at radius 1 is 0.846 bits per heavy atom. The molecule has 26 heavy (non-hydrogen) atoms. The summed E-state index contributed by atoms with van der Waals surface area (Å²) in [6, 6.07) is 0. The van der Waals surface area contributed by atoms with E-state index in [1.165, 1.54) is 57.8 Å². The van der Waals surface area contributed by atoms with Gasteiger partial charge in [0.1, 0.15) is 11.7 Å². The van der Waals surface area contributed by atoms with Crippen LogP contribution in [0.5, 0.6) is 0 Å². The minimum atomic E-state index is -1.03. The Morgan fingerprint density at radius 3 is 1.85 bits per heavy atom. The van der Waals surface area contributed by atoms with Crippen LogP contribution in [0.1, 0.15) is 103 Å². The molecule has 0 aliphatic heterocycles. The Hall–Kier alpha value is -1.16. The lowest BCUT2D eigenvalue weighted by Gasteiger charge is -2.09. The number of carbonyl (C=O) groups is 2. The second-order valence-corrected chi connectivity index (χ2v) is 7.27. The lowest BCUT2D eigenvalue weighted by atomic mass is 9.96. The fourth-order valence-corrected chi connectivity index (χ4v) is 3.13. The van der Waals surface area contributed by atoms with Gasteiger partial charge in [-0.25, -0.2) is 0 Å². The zero-order valence-electron chi connectivity index (χ0n) is 16.9. The summed E-state index contributed by atoms with van der Waals surface area (Å²) >= 11 is 0. The third-order valence-electron chi connectivity index (χ3n) is 4.83. The van der Waals surface area contributed by atoms with E-state index in [-0.39, 0.29) is 18.7 Å². The summed E-state index contributed by atoms with van der Waals surface area (Å²) in [5.41, 5.74) is 5.37. The number of carbonyl (C=O) groups excluding carboxylic acids is 1. The van der Waals surface area contributed by atoms with Crippen molar-refractivity contribution in [3.05, 3.63) is 12.2 Å². The minimum absolute atomic E-state index is 0.166. The molecule has 0 aromatic rings. The van der Waals surface area contributed by atoms with Crippen LogP contribution in [0, 0.1) is 5.92 Å². The van der Waals surface area contributed by atoms with Crippen molar-refractivity contribution in [2.75, 3.05) is 6.54 Å². The number of carboxylic acid groups (broad SMARTS) is 1. The molecule has 0 heterocycles. The normalized spacial score (nSPS) is 12.5. The van der Waals surface area contributed by atoms with Crippen molar-refractivity contribution < 1.29 is 14.7 Å². The molecule has 0 fully saturated rings. The molecule has 0 amide bonds. The molecule has 0 spiro atoms. The molecule has 0 saturated heterocycles. The van der Waals surface area contributed by atoms with Gasteiger partial charge in [-0.15, -0.1) is 0 Å². The van der Waals surface area contributed by atoms with Gasteiger partial charge in [-0.1, -0.05) is 70.4 Å². The van der Waals surface area contributed by atoms with Crippen LogP contribution in [0.3, 0.4) is 0 Å². The number of allylic oxidation sites excluding steroid dienone is 2. The first-order valence-corrected chi connectivity index (χ1v) is 10.7. The molecule has 4 heteroatoms. The molecule has 0 bridgehead atoms. The molecular weight excluding hydrogens is 326 g/mol. The number of carboxylic acids is 1. The molecule has 4 nitrogen and oxygen atoms in total. The minimum Gasteiger partial charge on any atom is -0.481 e. The van der Waals surface area contributed by atoms with Crippen LogP contribution in [-0.4, -0.2) is 23.4 Å². The van der Waals surface area contributed by atoms with E-state index >= 15 is 0 Å². The lowest BCUT2D eigenvalue weighted by molar-refractivity contribution is -0.146. The molecule has 0 rings (SSSR count). The largest absolute Gasteiger partial charge is 0.481 e. The monoisotopic (exact) mass is 367 g/mol. The molecule has 0 aliphatic carbocycles. The zero-order valence-corrected chi connectivity index (χ0v) is 16.9. The SMILES string of the molecule is CCCCCCCC/C=C\CCCCCCCC(=O)C(CCN)C(=O)O. The van der Waals surface area contributed by atoms with Gasteiger partial charge in [0.25, 0.3) is 0 Å². The Morgan fingerprint density at radius 2 is 1.35 bits per heavy atom. The number of unbranched alkanes of at least 4 members (excludes halogenated alkanes) is 11. The third-order valence-corrected chi connectivity index (χ3v) is 4.83. The maximum atomic E-state index is 11.9. The van der Waals surface area contributed by atoms with E-state index in [4.69, 9.17) is 10.8 Å². The predicted octanol–water partition coefficient (Wildman–Crippen LogP) is 5.64. The average molecular weight is 368 g/mol. The van der Waals surface area contributed by atoms with Crippen molar-refractivity contribution in [2.24, 2.45) is 11.7 Å². The summed E-state index contributed by atoms with van der Waals surface area (Å²) in [4.78, 5) is 22.9. The van der Waals surface area contributed by atoms with Gasteiger partial charge in [0.15, 0.2) is 0 Å². The summed E-state index contributed by atoms with van der Waals surface area (Å²) in [5, 5.41) is 9.02. The van der Waals surface area contributed by atoms with Crippen molar-refractivity contribution in [3.63, 3.8) is 0 Å². The Bertz CT molecular complexity index is 380. The number of nitrogens with two attached hydrogens (primary N) is 1. The van der Waals surface area contributed by atoms with Gasteiger partial charge in [-0.2, -0.15) is 0 Å². The van der Waals surface area contributed by atoms with Crippen LogP contribution in [0.2, 0.25) is 0 Å². The highest BCUT2D eigenvalue weighted by Gasteiger charge is 2.24. The summed E-state index contributed by atoms with van der Waals surface area (Å²) in [7, 11) is 0. The average Bonchev–Trinajstić information content (AvgIpc) is 2.62. The van der Waals surface area contributed by atoms with Gasteiger partial charge in [0.2, 0.25) is 0 Å². The number of aliphatic carboxylic acids is 1. The summed E-state index contributed by atoms with van der Waals surface area (Å²) < 4.78 is 0. The first-order valence-electron chi connectivity index (χ1n) is 10.7. The van der Waals surface area contributed by atoms with Crippen molar-refractivity contribution in [1.29, 1.82) is 0 Å². The van der Waals surface area contributed by atoms with Crippen molar-refractivity contribution in [2.45, 2.75) is 103 Å². The lowest BCUT2D eigenvalue weighted by Crippen LogP contribution is -2.26. The Labute approximate surface area is 160 Å². The van der Waals surface area contributed by atoms with E-state index in [0.717, 1.165) is 25.7 Å². The molecule has 0 radical (unpaired) electrons. The highest BCUT2D eigenvalue weighted by Crippen LogP contribution is 2.13. The van der Waals surface area contributed by atoms with E-state index in [9.17, 15) is 9.59 Å². The number of rotatable bonds is 19. The smallest absolute Gasteiger partial charge is 0.314 e.